The molecular formula is C33H42N4O4. The Balaban J connectivity index is 1.09. The highest BCUT2D eigenvalue weighted by molar-refractivity contribution is 6.13. The first-order chi connectivity index (χ1) is 19.8. The second-order valence-electron chi connectivity index (χ2n) is 11.6. The lowest BCUT2D eigenvalue weighted by Gasteiger charge is -2.36. The third-order valence-corrected chi connectivity index (χ3v) is 8.00. The van der Waals surface area contributed by atoms with Crippen LogP contribution in [-0.2, 0) is 16.0 Å². The molecule has 41 heavy (non-hydrogen) atoms. The summed E-state index contributed by atoms with van der Waals surface area (Å²) in [5, 5.41) is 2.61. The Bertz CT molecular complexity index is 1360. The van der Waals surface area contributed by atoms with Crippen molar-refractivity contribution in [3.63, 3.8) is 0 Å². The van der Waals surface area contributed by atoms with Gasteiger partial charge in [0.1, 0.15) is 5.60 Å². The molecule has 0 unspecified atom stereocenters. The Kier molecular flexibility index (Phi) is 9.08. The maximum atomic E-state index is 13.0. The van der Waals surface area contributed by atoms with Crippen molar-refractivity contribution in [3.8, 4) is 5.88 Å². The number of aryl methyl sites for hydroxylation is 1. The average molecular weight is 559 g/mol. The first-order valence-electron chi connectivity index (χ1n) is 15.0. The molecule has 2 amide bonds. The molecule has 8 heteroatoms. The molecule has 0 radical (unpaired) electrons. The van der Waals surface area contributed by atoms with Crippen molar-refractivity contribution in [2.24, 2.45) is 0 Å². The highest BCUT2D eigenvalue weighted by atomic mass is 16.6. The molecule has 218 valence electrons. The number of piperazine rings is 1. The second kappa shape index (κ2) is 12.9. The molecule has 3 aromatic rings. The van der Waals surface area contributed by atoms with E-state index in [1.54, 1.807) is 0 Å². The molecule has 2 aliphatic rings. The smallest absolute Gasteiger partial charge is 0.423 e. The highest BCUT2D eigenvalue weighted by Crippen LogP contribution is 2.31. The van der Waals surface area contributed by atoms with Gasteiger partial charge in [-0.3, -0.25) is 9.69 Å². The van der Waals surface area contributed by atoms with Crippen LogP contribution in [0.5, 0.6) is 5.88 Å². The van der Waals surface area contributed by atoms with Gasteiger partial charge in [0.2, 0.25) is 11.8 Å². The maximum absolute atomic E-state index is 13.0. The molecule has 1 fully saturated rings. The second-order valence-corrected chi connectivity index (χ2v) is 11.6. The van der Waals surface area contributed by atoms with Gasteiger partial charge in [-0.25, -0.2) is 4.79 Å². The molecule has 2 aromatic carbocycles. The number of carbonyl (C=O) groups excluding carboxylic acids is 2. The number of fused-ring (bicyclic) bond motifs is 2. The minimum atomic E-state index is -0.667. The molecule has 8 nitrogen and oxygen atoms in total. The lowest BCUT2D eigenvalue weighted by Crippen LogP contribution is -2.46. The zero-order chi connectivity index (χ0) is 28.8. The fourth-order valence-electron chi connectivity index (χ4n) is 5.83. The fraction of sp³-hybridized carbons (Fsp3) is 0.485. The van der Waals surface area contributed by atoms with Gasteiger partial charge in [-0.1, -0.05) is 49.7 Å². The van der Waals surface area contributed by atoms with Crippen molar-refractivity contribution in [1.29, 1.82) is 0 Å². The standard InChI is InChI=1S/C33H42N4O4/c1-4-18-33(2,3)41-32(39)37-30(38)17-15-26-14-16-29(34-31(26)37)40-24-8-7-19-35-20-22-36(23-21-35)28-13-9-11-25-10-5-6-12-27(25)28/h5-6,9-14,16H,4,7-8,15,17-24H2,1-3H3. The van der Waals surface area contributed by atoms with Gasteiger partial charge in [-0.2, -0.15) is 9.88 Å². The van der Waals surface area contributed by atoms with Crippen molar-refractivity contribution < 1.29 is 19.1 Å². The SMILES string of the molecule is CCCC(C)(C)OC(=O)N1C(=O)CCc2ccc(OCCCCN3CCN(c4cccc5ccccc45)CC3)nc21. The Hall–Kier alpha value is -3.65. The summed E-state index contributed by atoms with van der Waals surface area (Å²) in [6.07, 6.45) is 3.67. The summed E-state index contributed by atoms with van der Waals surface area (Å²) in [5.74, 6) is 0.466. The van der Waals surface area contributed by atoms with Crippen molar-refractivity contribution in [1.82, 2.24) is 9.88 Å². The molecular weight excluding hydrogens is 516 g/mol. The van der Waals surface area contributed by atoms with Crippen LogP contribution in [0.25, 0.3) is 10.8 Å². The van der Waals surface area contributed by atoms with Crippen LogP contribution in [-0.4, -0.2) is 66.8 Å². The molecule has 1 aromatic heterocycles. The number of anilines is 2. The van der Waals surface area contributed by atoms with Crippen LogP contribution >= 0.6 is 0 Å². The van der Waals surface area contributed by atoms with Gasteiger partial charge in [0.25, 0.3) is 0 Å². The molecule has 1 saturated heterocycles. The van der Waals surface area contributed by atoms with E-state index in [4.69, 9.17) is 9.47 Å². The number of unbranched alkanes of at least 4 members (excludes halogenated alkanes) is 1. The Morgan fingerprint density at radius 2 is 1.73 bits per heavy atom. The summed E-state index contributed by atoms with van der Waals surface area (Å²) in [5.41, 5.74) is 1.53. The van der Waals surface area contributed by atoms with Crippen LogP contribution in [0.4, 0.5) is 16.3 Å². The van der Waals surface area contributed by atoms with Crippen molar-refractivity contribution in [2.75, 3.05) is 49.1 Å². The molecule has 0 atom stereocenters. The van der Waals surface area contributed by atoms with E-state index in [2.05, 4.69) is 57.2 Å². The summed E-state index contributed by atoms with van der Waals surface area (Å²) < 4.78 is 11.6. The van der Waals surface area contributed by atoms with Gasteiger partial charge in [0.15, 0.2) is 5.82 Å². The van der Waals surface area contributed by atoms with Crippen molar-refractivity contribution >= 4 is 34.3 Å². The highest BCUT2D eigenvalue weighted by Gasteiger charge is 2.35. The van der Waals surface area contributed by atoms with Gasteiger partial charge in [-0.05, 0) is 69.2 Å². The number of aromatic nitrogens is 1. The third kappa shape index (κ3) is 6.99. The van der Waals surface area contributed by atoms with Gasteiger partial charge >= 0.3 is 6.09 Å². The predicted molar refractivity (Wildman–Crippen MR) is 163 cm³/mol. The number of benzene rings is 2. The largest absolute Gasteiger partial charge is 0.478 e. The number of hydrogen-bond donors (Lipinski definition) is 0. The van der Waals surface area contributed by atoms with E-state index in [1.165, 1.54) is 16.5 Å². The number of ether oxygens (including phenoxy) is 2. The number of pyridine rings is 1. The molecule has 5 rings (SSSR count). The van der Waals surface area contributed by atoms with Crippen LogP contribution in [0.3, 0.4) is 0 Å². The minimum absolute atomic E-state index is 0.258. The van der Waals surface area contributed by atoms with Crippen LogP contribution in [0, 0.1) is 0 Å². The number of hydrogen-bond acceptors (Lipinski definition) is 7. The normalized spacial score (nSPS) is 16.1. The number of amides is 2. The van der Waals surface area contributed by atoms with E-state index in [9.17, 15) is 9.59 Å². The minimum Gasteiger partial charge on any atom is -0.478 e. The summed E-state index contributed by atoms with van der Waals surface area (Å²) in [6, 6.07) is 18.9. The summed E-state index contributed by atoms with van der Waals surface area (Å²) >= 11 is 0. The van der Waals surface area contributed by atoms with Gasteiger partial charge < -0.3 is 14.4 Å². The summed E-state index contributed by atoms with van der Waals surface area (Å²) in [4.78, 5) is 36.3. The van der Waals surface area contributed by atoms with Crippen LogP contribution in [0.1, 0.15) is 58.4 Å². The van der Waals surface area contributed by atoms with Crippen LogP contribution in [0.15, 0.2) is 54.6 Å². The molecule has 0 N–H and O–H groups in total. The molecule has 0 spiro atoms. The zero-order valence-electron chi connectivity index (χ0n) is 24.6. The molecule has 0 aliphatic carbocycles. The van der Waals surface area contributed by atoms with Crippen molar-refractivity contribution in [2.45, 2.75) is 64.9 Å². The number of nitrogens with zero attached hydrogens (tertiary/aromatic N) is 4. The van der Waals surface area contributed by atoms with E-state index in [0.29, 0.717) is 31.1 Å². The Morgan fingerprint density at radius 1 is 0.951 bits per heavy atom. The molecule has 0 bridgehead atoms. The Morgan fingerprint density at radius 3 is 2.54 bits per heavy atom. The first-order valence-corrected chi connectivity index (χ1v) is 15.0. The van der Waals surface area contributed by atoms with Gasteiger partial charge in [0, 0.05) is 49.7 Å². The van der Waals surface area contributed by atoms with Crippen LogP contribution in [0.2, 0.25) is 0 Å². The number of imide groups is 1. The van der Waals surface area contributed by atoms with E-state index in [0.717, 1.165) is 62.4 Å². The monoisotopic (exact) mass is 558 g/mol. The predicted octanol–water partition coefficient (Wildman–Crippen LogP) is 6.21. The lowest BCUT2D eigenvalue weighted by atomic mass is 10.0. The summed E-state index contributed by atoms with van der Waals surface area (Å²) in [7, 11) is 0. The zero-order valence-corrected chi connectivity index (χ0v) is 24.6. The molecule has 3 heterocycles. The third-order valence-electron chi connectivity index (χ3n) is 8.00. The van der Waals surface area contributed by atoms with Gasteiger partial charge in [0.05, 0.1) is 6.61 Å². The number of rotatable bonds is 10. The average Bonchev–Trinajstić information content (AvgIpc) is 2.96. The Labute approximate surface area is 243 Å². The van der Waals surface area contributed by atoms with E-state index >= 15 is 0 Å². The summed E-state index contributed by atoms with van der Waals surface area (Å²) in [6.45, 7) is 11.5. The van der Waals surface area contributed by atoms with Gasteiger partial charge in [-0.15, -0.1) is 0 Å². The van der Waals surface area contributed by atoms with Crippen molar-refractivity contribution in [3.05, 3.63) is 60.2 Å². The van der Waals surface area contributed by atoms with E-state index in [-0.39, 0.29) is 12.3 Å². The van der Waals surface area contributed by atoms with Crippen LogP contribution < -0.4 is 14.5 Å². The van der Waals surface area contributed by atoms with E-state index < -0.39 is 11.7 Å². The topological polar surface area (TPSA) is 75.2 Å². The first kappa shape index (κ1) is 28.9. The lowest BCUT2D eigenvalue weighted by molar-refractivity contribution is -0.118. The molecule has 0 saturated carbocycles. The van der Waals surface area contributed by atoms with E-state index in [1.807, 2.05) is 32.9 Å². The number of carbonyl (C=O) groups is 2. The molecule has 2 aliphatic heterocycles. The fourth-order valence-corrected chi connectivity index (χ4v) is 5.83. The quantitative estimate of drug-likeness (QED) is 0.274. The maximum Gasteiger partial charge on any atom is 0.423 e.